The molecule has 0 atom stereocenters. The van der Waals surface area contributed by atoms with E-state index in [2.05, 4.69) is 10.6 Å². The maximum absolute atomic E-state index is 13.3. The number of amides is 2. The van der Waals surface area contributed by atoms with E-state index in [1.54, 1.807) is 54.8 Å². The normalized spacial score (nSPS) is 10.8. The predicted molar refractivity (Wildman–Crippen MR) is 145 cm³/mol. The molecule has 38 heavy (non-hydrogen) atoms. The second kappa shape index (κ2) is 11.9. The summed E-state index contributed by atoms with van der Waals surface area (Å²) < 4.78 is 7.17. The van der Waals surface area contributed by atoms with Gasteiger partial charge in [-0.2, -0.15) is 0 Å². The molecular formula is C26H23ClN4O6S. The molecule has 0 fully saturated rings. The third-order valence-electron chi connectivity index (χ3n) is 5.57. The van der Waals surface area contributed by atoms with E-state index >= 15 is 0 Å². The number of aromatic nitrogens is 2. The van der Waals surface area contributed by atoms with E-state index in [9.17, 15) is 24.0 Å². The smallest absolute Gasteiger partial charge is 0.340 e. The Kier molecular flexibility index (Phi) is 8.39. The van der Waals surface area contributed by atoms with Gasteiger partial charge >= 0.3 is 11.7 Å². The number of halogens is 1. The lowest BCUT2D eigenvalue weighted by molar-refractivity contribution is -0.122. The van der Waals surface area contributed by atoms with Crippen LogP contribution < -0.4 is 21.9 Å². The summed E-state index contributed by atoms with van der Waals surface area (Å²) in [6, 6.07) is 14.9. The van der Waals surface area contributed by atoms with Crippen LogP contribution in [0.3, 0.4) is 0 Å². The minimum absolute atomic E-state index is 0.116. The fraction of sp³-hybridized carbons (Fsp3) is 0.192. The number of anilines is 1. The summed E-state index contributed by atoms with van der Waals surface area (Å²) in [6.45, 7) is 0.961. The fourth-order valence-electron chi connectivity index (χ4n) is 3.77. The molecule has 196 valence electrons. The van der Waals surface area contributed by atoms with Crippen molar-refractivity contribution in [3.05, 3.63) is 97.0 Å². The third-order valence-corrected chi connectivity index (χ3v) is 6.83. The fourth-order valence-corrected chi connectivity index (χ4v) is 4.82. The van der Waals surface area contributed by atoms with Crippen molar-refractivity contribution < 1.29 is 19.1 Å². The summed E-state index contributed by atoms with van der Waals surface area (Å²) >= 11 is 7.22. The van der Waals surface area contributed by atoms with Crippen molar-refractivity contribution in [1.82, 2.24) is 14.5 Å². The van der Waals surface area contributed by atoms with E-state index in [-0.39, 0.29) is 34.6 Å². The van der Waals surface area contributed by atoms with Crippen molar-refractivity contribution >= 4 is 56.6 Å². The Morgan fingerprint density at radius 2 is 1.66 bits per heavy atom. The van der Waals surface area contributed by atoms with Gasteiger partial charge in [-0.3, -0.25) is 19.0 Å². The maximum atomic E-state index is 13.3. The number of carbonyl (C=O) groups is 3. The zero-order valence-corrected chi connectivity index (χ0v) is 21.8. The summed E-state index contributed by atoms with van der Waals surface area (Å²) in [5, 5.41) is 7.38. The van der Waals surface area contributed by atoms with Gasteiger partial charge in [0.25, 0.3) is 5.56 Å². The topological polar surface area (TPSA) is 128 Å². The zero-order chi connectivity index (χ0) is 27.2. The Bertz CT molecular complexity index is 1640. The Hall–Kier alpha value is -4.22. The Labute approximate surface area is 225 Å². The molecule has 2 heterocycles. The van der Waals surface area contributed by atoms with Crippen LogP contribution in [-0.2, 0) is 34.0 Å². The number of nitrogens with zero attached hydrogens (tertiary/aromatic N) is 2. The molecule has 0 spiro atoms. The van der Waals surface area contributed by atoms with Gasteiger partial charge in [0.2, 0.25) is 11.8 Å². The Morgan fingerprint density at radius 3 is 2.42 bits per heavy atom. The number of thiophene rings is 1. The molecule has 0 unspecified atom stereocenters. The predicted octanol–water partition coefficient (Wildman–Crippen LogP) is 3.01. The van der Waals surface area contributed by atoms with Gasteiger partial charge in [0.05, 0.1) is 23.4 Å². The van der Waals surface area contributed by atoms with Crippen LogP contribution in [0.4, 0.5) is 5.69 Å². The molecule has 2 amide bonds. The number of hydrogen-bond acceptors (Lipinski definition) is 7. The largest absolute Gasteiger partial charge is 0.462 e. The van der Waals surface area contributed by atoms with E-state index in [1.165, 1.54) is 12.1 Å². The van der Waals surface area contributed by atoms with E-state index < -0.39 is 42.1 Å². The molecule has 10 nitrogen and oxygen atoms in total. The average molecular weight is 555 g/mol. The highest BCUT2D eigenvalue weighted by molar-refractivity contribution is 7.17. The van der Waals surface area contributed by atoms with E-state index in [4.69, 9.17) is 16.3 Å². The molecule has 2 aromatic carbocycles. The first kappa shape index (κ1) is 26.8. The second-order valence-electron chi connectivity index (χ2n) is 8.08. The third kappa shape index (κ3) is 5.84. The highest BCUT2D eigenvalue weighted by Gasteiger charge is 2.20. The highest BCUT2D eigenvalue weighted by atomic mass is 35.5. The van der Waals surface area contributed by atoms with Crippen molar-refractivity contribution in [2.24, 2.45) is 0 Å². The van der Waals surface area contributed by atoms with Crippen LogP contribution in [0, 0.1) is 0 Å². The van der Waals surface area contributed by atoms with Crippen LogP contribution in [0.25, 0.3) is 10.2 Å². The van der Waals surface area contributed by atoms with Gasteiger partial charge in [0.1, 0.15) is 17.8 Å². The molecule has 0 saturated heterocycles. The van der Waals surface area contributed by atoms with Crippen molar-refractivity contribution in [2.45, 2.75) is 26.6 Å². The summed E-state index contributed by atoms with van der Waals surface area (Å²) in [6.07, 6.45) is 0. The van der Waals surface area contributed by atoms with Crippen molar-refractivity contribution in [1.29, 1.82) is 0 Å². The van der Waals surface area contributed by atoms with Crippen LogP contribution in [-0.4, -0.2) is 33.5 Å². The highest BCUT2D eigenvalue weighted by Crippen LogP contribution is 2.18. The van der Waals surface area contributed by atoms with Gasteiger partial charge in [-0.1, -0.05) is 41.9 Å². The summed E-state index contributed by atoms with van der Waals surface area (Å²) in [5.74, 6) is -1.78. The molecule has 0 aliphatic rings. The average Bonchev–Trinajstić information content (AvgIpc) is 3.39. The second-order valence-corrected chi connectivity index (χ2v) is 9.40. The van der Waals surface area contributed by atoms with Crippen LogP contribution in [0.15, 0.2) is 69.6 Å². The van der Waals surface area contributed by atoms with E-state index in [0.717, 1.165) is 20.5 Å². The summed E-state index contributed by atoms with van der Waals surface area (Å²) in [4.78, 5) is 64.1. The van der Waals surface area contributed by atoms with Gasteiger partial charge in [-0.15, -0.1) is 11.3 Å². The maximum Gasteiger partial charge on any atom is 0.340 e. The van der Waals surface area contributed by atoms with Crippen LogP contribution >= 0.6 is 22.9 Å². The lowest BCUT2D eigenvalue weighted by atomic mass is 10.2. The number of para-hydroxylation sites is 1. The minimum Gasteiger partial charge on any atom is -0.462 e. The lowest BCUT2D eigenvalue weighted by Crippen LogP contribution is -2.44. The lowest BCUT2D eigenvalue weighted by Gasteiger charge is -2.14. The van der Waals surface area contributed by atoms with Gasteiger partial charge in [-0.05, 0) is 42.1 Å². The number of carbonyl (C=O) groups excluding carboxylic acids is 3. The standard InChI is InChI=1S/C26H23ClN4O6S/c1-2-37-25(35)17-8-4-6-10-19(17)29-22(33)15-30-20-11-12-38-23(20)24(34)31(26(30)36)14-21(32)28-13-16-7-3-5-9-18(16)27/h3-12H,2,13-15H2,1H3,(H,28,32)(H,29,33). The number of esters is 1. The first-order valence-corrected chi connectivity index (χ1v) is 12.8. The Morgan fingerprint density at radius 1 is 0.947 bits per heavy atom. The van der Waals surface area contributed by atoms with Crippen molar-refractivity contribution in [2.75, 3.05) is 11.9 Å². The number of ether oxygens (including phenoxy) is 1. The molecule has 0 radical (unpaired) electrons. The molecule has 2 N–H and O–H groups in total. The number of hydrogen-bond donors (Lipinski definition) is 2. The number of nitrogens with one attached hydrogen (secondary N) is 2. The quantitative estimate of drug-likeness (QED) is 0.306. The molecule has 0 saturated carbocycles. The Balaban J connectivity index is 1.58. The SMILES string of the molecule is CCOC(=O)c1ccccc1NC(=O)Cn1c(=O)n(CC(=O)NCc2ccccc2Cl)c(=O)c2sccc21. The van der Waals surface area contributed by atoms with Gasteiger partial charge in [0, 0.05) is 11.6 Å². The molecule has 0 bridgehead atoms. The number of benzene rings is 2. The number of fused-ring (bicyclic) bond motifs is 1. The van der Waals surface area contributed by atoms with Gasteiger partial charge in [0.15, 0.2) is 0 Å². The van der Waals surface area contributed by atoms with E-state index in [1.807, 2.05) is 0 Å². The minimum atomic E-state index is -0.817. The van der Waals surface area contributed by atoms with Crippen LogP contribution in [0.2, 0.25) is 5.02 Å². The van der Waals surface area contributed by atoms with Gasteiger partial charge in [-0.25, -0.2) is 14.2 Å². The van der Waals surface area contributed by atoms with Crippen LogP contribution in [0.1, 0.15) is 22.8 Å². The summed E-state index contributed by atoms with van der Waals surface area (Å²) in [7, 11) is 0. The first-order chi connectivity index (χ1) is 18.3. The molecule has 12 heteroatoms. The van der Waals surface area contributed by atoms with Crippen LogP contribution in [0.5, 0.6) is 0 Å². The first-order valence-electron chi connectivity index (χ1n) is 11.6. The molecule has 2 aromatic heterocycles. The molecule has 4 aromatic rings. The molecule has 4 rings (SSSR count). The number of rotatable bonds is 9. The molecule has 0 aliphatic heterocycles. The van der Waals surface area contributed by atoms with E-state index in [0.29, 0.717) is 10.6 Å². The molecule has 0 aliphatic carbocycles. The van der Waals surface area contributed by atoms with Gasteiger partial charge < -0.3 is 15.4 Å². The summed E-state index contributed by atoms with van der Waals surface area (Å²) in [5.41, 5.74) is -0.110. The molecular weight excluding hydrogens is 532 g/mol. The zero-order valence-electron chi connectivity index (χ0n) is 20.2. The van der Waals surface area contributed by atoms with Crippen molar-refractivity contribution in [3.8, 4) is 0 Å². The monoisotopic (exact) mass is 554 g/mol. The van der Waals surface area contributed by atoms with Crippen molar-refractivity contribution in [3.63, 3.8) is 0 Å².